The SMILES string of the molecule is Cc1c(N)nc(C2CC2)nc1NC(C)C1CC1. The molecule has 0 amide bonds. The molecule has 0 aromatic carbocycles. The van der Waals surface area contributed by atoms with Crippen LogP contribution in [0.1, 0.15) is 49.9 Å². The second-order valence-corrected chi connectivity index (χ2v) is 5.49. The monoisotopic (exact) mass is 232 g/mol. The van der Waals surface area contributed by atoms with Crippen LogP contribution in [0.4, 0.5) is 11.6 Å². The average molecular weight is 232 g/mol. The van der Waals surface area contributed by atoms with Gasteiger partial charge < -0.3 is 11.1 Å². The van der Waals surface area contributed by atoms with E-state index in [1.807, 2.05) is 6.92 Å². The fraction of sp³-hybridized carbons (Fsp3) is 0.692. The van der Waals surface area contributed by atoms with Gasteiger partial charge in [-0.15, -0.1) is 0 Å². The lowest BCUT2D eigenvalue weighted by atomic mass is 10.2. The zero-order chi connectivity index (χ0) is 12.0. The second kappa shape index (κ2) is 3.86. The molecular formula is C13H20N4. The van der Waals surface area contributed by atoms with E-state index in [4.69, 9.17) is 5.73 Å². The van der Waals surface area contributed by atoms with Crippen LogP contribution in [0.2, 0.25) is 0 Å². The lowest BCUT2D eigenvalue weighted by Gasteiger charge is -2.17. The van der Waals surface area contributed by atoms with Gasteiger partial charge in [0.05, 0.1) is 0 Å². The van der Waals surface area contributed by atoms with E-state index in [1.54, 1.807) is 0 Å². The Morgan fingerprint density at radius 2 is 1.94 bits per heavy atom. The van der Waals surface area contributed by atoms with E-state index in [-0.39, 0.29) is 0 Å². The fourth-order valence-corrected chi connectivity index (χ4v) is 2.15. The third-order valence-corrected chi connectivity index (χ3v) is 3.84. The summed E-state index contributed by atoms with van der Waals surface area (Å²) < 4.78 is 0. The highest BCUT2D eigenvalue weighted by molar-refractivity contribution is 5.55. The van der Waals surface area contributed by atoms with Crippen LogP contribution in [0.15, 0.2) is 0 Å². The Labute approximate surface area is 102 Å². The molecule has 2 aliphatic carbocycles. The van der Waals surface area contributed by atoms with E-state index in [9.17, 15) is 0 Å². The molecule has 17 heavy (non-hydrogen) atoms. The summed E-state index contributed by atoms with van der Waals surface area (Å²) in [5.41, 5.74) is 6.95. The van der Waals surface area contributed by atoms with E-state index in [0.717, 1.165) is 23.1 Å². The summed E-state index contributed by atoms with van der Waals surface area (Å²) in [6, 6.07) is 0.495. The Bertz CT molecular complexity index is 435. The van der Waals surface area contributed by atoms with Crippen LogP contribution in [0.5, 0.6) is 0 Å². The molecule has 0 saturated heterocycles. The van der Waals surface area contributed by atoms with Gasteiger partial charge in [-0.3, -0.25) is 0 Å². The first-order chi connectivity index (χ1) is 8.15. The topological polar surface area (TPSA) is 63.8 Å². The number of nitrogen functional groups attached to an aromatic ring is 1. The number of hydrogen-bond donors (Lipinski definition) is 2. The molecule has 4 nitrogen and oxygen atoms in total. The highest BCUT2D eigenvalue weighted by Crippen LogP contribution is 2.40. The number of hydrogen-bond acceptors (Lipinski definition) is 4. The molecule has 2 aliphatic rings. The predicted octanol–water partition coefficient (Wildman–Crippen LogP) is 2.46. The summed E-state index contributed by atoms with van der Waals surface area (Å²) in [5.74, 6) is 3.87. The fourth-order valence-electron chi connectivity index (χ4n) is 2.15. The second-order valence-electron chi connectivity index (χ2n) is 5.49. The zero-order valence-corrected chi connectivity index (χ0v) is 10.5. The standard InChI is InChI=1S/C13H20N4/c1-7-11(14)16-13(10-5-6-10)17-12(7)15-8(2)9-3-4-9/h8-10H,3-6H2,1-2H3,(H3,14,15,16,17). The van der Waals surface area contributed by atoms with Crippen LogP contribution in [0.25, 0.3) is 0 Å². The number of nitrogens with two attached hydrogens (primary N) is 1. The molecule has 4 heteroatoms. The largest absolute Gasteiger partial charge is 0.383 e. The number of nitrogens with one attached hydrogen (secondary N) is 1. The molecule has 1 atom stereocenters. The number of aromatic nitrogens is 2. The summed E-state index contributed by atoms with van der Waals surface area (Å²) in [4.78, 5) is 9.03. The molecule has 1 aromatic rings. The van der Waals surface area contributed by atoms with Gasteiger partial charge in [0, 0.05) is 17.5 Å². The van der Waals surface area contributed by atoms with Crippen molar-refractivity contribution in [2.24, 2.45) is 5.92 Å². The quantitative estimate of drug-likeness (QED) is 0.837. The van der Waals surface area contributed by atoms with Crippen molar-refractivity contribution < 1.29 is 0 Å². The van der Waals surface area contributed by atoms with Crippen LogP contribution >= 0.6 is 0 Å². The van der Waals surface area contributed by atoms with Crippen LogP contribution in [-0.2, 0) is 0 Å². The lowest BCUT2D eigenvalue weighted by molar-refractivity contribution is 0.687. The summed E-state index contributed by atoms with van der Waals surface area (Å²) in [6.07, 6.45) is 5.09. The highest BCUT2D eigenvalue weighted by Gasteiger charge is 2.30. The minimum absolute atomic E-state index is 0.495. The number of anilines is 2. The van der Waals surface area contributed by atoms with Crippen molar-refractivity contribution in [3.05, 3.63) is 11.4 Å². The molecule has 92 valence electrons. The van der Waals surface area contributed by atoms with E-state index in [0.29, 0.717) is 17.8 Å². The molecule has 0 aliphatic heterocycles. The van der Waals surface area contributed by atoms with Crippen LogP contribution in [0.3, 0.4) is 0 Å². The maximum absolute atomic E-state index is 5.96. The first-order valence-electron chi connectivity index (χ1n) is 6.55. The molecular weight excluding hydrogens is 212 g/mol. The van der Waals surface area contributed by atoms with E-state index < -0.39 is 0 Å². The molecule has 0 radical (unpaired) electrons. The third kappa shape index (κ3) is 2.21. The van der Waals surface area contributed by atoms with Gasteiger partial charge in [-0.1, -0.05) is 0 Å². The van der Waals surface area contributed by atoms with Crippen molar-refractivity contribution in [1.29, 1.82) is 0 Å². The molecule has 1 unspecified atom stereocenters. The van der Waals surface area contributed by atoms with E-state index in [2.05, 4.69) is 22.2 Å². The summed E-state index contributed by atoms with van der Waals surface area (Å²) in [6.45, 7) is 4.22. The van der Waals surface area contributed by atoms with Gasteiger partial charge in [-0.25, -0.2) is 9.97 Å². The average Bonchev–Trinajstić information content (AvgIpc) is 3.18. The van der Waals surface area contributed by atoms with Crippen molar-refractivity contribution in [2.45, 2.75) is 51.5 Å². The van der Waals surface area contributed by atoms with Crippen LogP contribution in [-0.4, -0.2) is 16.0 Å². The first-order valence-corrected chi connectivity index (χ1v) is 6.55. The zero-order valence-electron chi connectivity index (χ0n) is 10.5. The maximum Gasteiger partial charge on any atom is 0.136 e. The molecule has 2 saturated carbocycles. The molecule has 3 N–H and O–H groups in total. The van der Waals surface area contributed by atoms with Gasteiger partial charge in [-0.05, 0) is 45.4 Å². The smallest absolute Gasteiger partial charge is 0.136 e. The van der Waals surface area contributed by atoms with Crippen molar-refractivity contribution in [3.8, 4) is 0 Å². The summed E-state index contributed by atoms with van der Waals surface area (Å²) >= 11 is 0. The molecule has 3 rings (SSSR count). The molecule has 1 heterocycles. The van der Waals surface area contributed by atoms with Crippen molar-refractivity contribution in [2.75, 3.05) is 11.1 Å². The van der Waals surface area contributed by atoms with Crippen LogP contribution in [0, 0.1) is 12.8 Å². The Kier molecular flexibility index (Phi) is 2.45. The van der Waals surface area contributed by atoms with Gasteiger partial charge in [0.15, 0.2) is 0 Å². The van der Waals surface area contributed by atoms with Crippen molar-refractivity contribution in [3.63, 3.8) is 0 Å². The van der Waals surface area contributed by atoms with Gasteiger partial charge in [0.2, 0.25) is 0 Å². The number of nitrogens with zero attached hydrogens (tertiary/aromatic N) is 2. The summed E-state index contributed by atoms with van der Waals surface area (Å²) in [5, 5.41) is 3.50. The summed E-state index contributed by atoms with van der Waals surface area (Å²) in [7, 11) is 0. The number of rotatable bonds is 4. The highest BCUT2D eigenvalue weighted by atomic mass is 15.1. The maximum atomic E-state index is 5.96. The lowest BCUT2D eigenvalue weighted by Crippen LogP contribution is -2.20. The van der Waals surface area contributed by atoms with Gasteiger partial charge in [0.25, 0.3) is 0 Å². The van der Waals surface area contributed by atoms with Gasteiger partial charge in [-0.2, -0.15) is 0 Å². The predicted molar refractivity (Wildman–Crippen MR) is 69.0 cm³/mol. The third-order valence-electron chi connectivity index (χ3n) is 3.84. The molecule has 0 spiro atoms. The Hall–Kier alpha value is -1.32. The van der Waals surface area contributed by atoms with Crippen molar-refractivity contribution in [1.82, 2.24) is 9.97 Å². The molecule has 2 fully saturated rings. The van der Waals surface area contributed by atoms with Gasteiger partial charge >= 0.3 is 0 Å². The Morgan fingerprint density at radius 1 is 1.24 bits per heavy atom. The Balaban J connectivity index is 1.85. The van der Waals surface area contributed by atoms with Crippen molar-refractivity contribution >= 4 is 11.6 Å². The van der Waals surface area contributed by atoms with E-state index >= 15 is 0 Å². The van der Waals surface area contributed by atoms with Crippen LogP contribution < -0.4 is 11.1 Å². The first kappa shape index (κ1) is 10.8. The minimum Gasteiger partial charge on any atom is -0.383 e. The molecule has 1 aromatic heterocycles. The Morgan fingerprint density at radius 3 is 2.53 bits per heavy atom. The minimum atomic E-state index is 0.495. The molecule has 0 bridgehead atoms. The van der Waals surface area contributed by atoms with Gasteiger partial charge in [0.1, 0.15) is 17.5 Å². The van der Waals surface area contributed by atoms with E-state index in [1.165, 1.54) is 25.7 Å². The normalized spacial score (nSPS) is 21.3.